The minimum Gasteiger partial charge on any atom is -0.456 e. The third-order valence-corrected chi connectivity index (χ3v) is 10.2. The molecule has 8 aromatic carbocycles. The standard InChI is InChI=1S/C51H33N3O/c1-5-15-35(16-6-1)44-31-41(32-45(36-17-7-2-8-18-36)48(44)37-19-9-3-10-20-37)34-25-27-39(28-26-34)50-52-49(38-21-11-4-12-22-38)53-51(54-50)40-29-30-43-42-23-13-14-24-46(42)55-47(43)33-40/h1-33H. The normalized spacial score (nSPS) is 11.3. The van der Waals surface area contributed by atoms with Gasteiger partial charge in [0.15, 0.2) is 17.5 Å². The van der Waals surface area contributed by atoms with Gasteiger partial charge >= 0.3 is 0 Å². The maximum absolute atomic E-state index is 6.23. The predicted molar refractivity (Wildman–Crippen MR) is 225 cm³/mol. The first-order valence-corrected chi connectivity index (χ1v) is 18.4. The zero-order valence-electron chi connectivity index (χ0n) is 29.8. The third-order valence-electron chi connectivity index (χ3n) is 10.2. The zero-order valence-corrected chi connectivity index (χ0v) is 29.8. The van der Waals surface area contributed by atoms with E-state index in [4.69, 9.17) is 19.4 Å². The van der Waals surface area contributed by atoms with Crippen LogP contribution < -0.4 is 0 Å². The summed E-state index contributed by atoms with van der Waals surface area (Å²) in [5.74, 6) is 1.81. The summed E-state index contributed by atoms with van der Waals surface area (Å²) in [5.41, 5.74) is 13.7. The SMILES string of the molecule is c1ccc(-c2nc(-c3ccc(-c4cc(-c5ccccc5)c(-c5ccccc5)c(-c5ccccc5)c4)cc3)nc(-c3ccc4c(c3)oc3ccccc34)n2)cc1. The molecule has 0 radical (unpaired) electrons. The molecule has 0 aliphatic carbocycles. The molecule has 0 spiro atoms. The Morgan fingerprint density at radius 2 is 0.691 bits per heavy atom. The second-order valence-electron chi connectivity index (χ2n) is 13.6. The summed E-state index contributed by atoms with van der Waals surface area (Å²) in [6, 6.07) is 69.6. The molecular weight excluding hydrogens is 671 g/mol. The Hall–Kier alpha value is -7.43. The van der Waals surface area contributed by atoms with Crippen molar-refractivity contribution >= 4 is 21.9 Å². The summed E-state index contributed by atoms with van der Waals surface area (Å²) in [4.78, 5) is 15.0. The predicted octanol–water partition coefficient (Wildman–Crippen LogP) is 13.4. The molecule has 10 rings (SSSR count). The molecule has 2 aromatic heterocycles. The quantitative estimate of drug-likeness (QED) is 0.166. The molecule has 0 fully saturated rings. The molecule has 0 atom stereocenters. The van der Waals surface area contributed by atoms with Crippen molar-refractivity contribution in [1.82, 2.24) is 15.0 Å². The number of furan rings is 1. The van der Waals surface area contributed by atoms with Gasteiger partial charge in [0.25, 0.3) is 0 Å². The Bertz CT molecular complexity index is 2880. The molecule has 0 aliphatic rings. The average Bonchev–Trinajstić information content (AvgIpc) is 3.65. The maximum atomic E-state index is 6.23. The van der Waals surface area contributed by atoms with Gasteiger partial charge in [-0.25, -0.2) is 15.0 Å². The second kappa shape index (κ2) is 13.8. The Morgan fingerprint density at radius 1 is 0.273 bits per heavy atom. The molecule has 0 bridgehead atoms. The maximum Gasteiger partial charge on any atom is 0.164 e. The molecule has 0 aliphatic heterocycles. The highest BCUT2D eigenvalue weighted by Gasteiger charge is 2.18. The lowest BCUT2D eigenvalue weighted by molar-refractivity contribution is 0.669. The Kier molecular flexibility index (Phi) is 8.12. The van der Waals surface area contributed by atoms with Crippen molar-refractivity contribution in [2.45, 2.75) is 0 Å². The van der Waals surface area contributed by atoms with Crippen molar-refractivity contribution in [1.29, 1.82) is 0 Å². The van der Waals surface area contributed by atoms with Crippen LogP contribution in [-0.4, -0.2) is 15.0 Å². The monoisotopic (exact) mass is 703 g/mol. The van der Waals surface area contributed by atoms with E-state index in [9.17, 15) is 0 Å². The van der Waals surface area contributed by atoms with Gasteiger partial charge in [-0.05, 0) is 74.8 Å². The lowest BCUT2D eigenvalue weighted by Gasteiger charge is -2.19. The van der Waals surface area contributed by atoms with Crippen LogP contribution >= 0.6 is 0 Å². The Morgan fingerprint density at radius 3 is 1.27 bits per heavy atom. The smallest absolute Gasteiger partial charge is 0.164 e. The van der Waals surface area contributed by atoms with E-state index in [0.717, 1.165) is 49.8 Å². The van der Waals surface area contributed by atoms with Gasteiger partial charge in [0.05, 0.1) is 0 Å². The summed E-state index contributed by atoms with van der Waals surface area (Å²) < 4.78 is 6.23. The molecule has 0 N–H and O–H groups in total. The average molecular weight is 704 g/mol. The highest BCUT2D eigenvalue weighted by Crippen LogP contribution is 2.43. The number of hydrogen-bond donors (Lipinski definition) is 0. The number of aromatic nitrogens is 3. The summed E-state index contributed by atoms with van der Waals surface area (Å²) in [6.07, 6.45) is 0. The highest BCUT2D eigenvalue weighted by molar-refractivity contribution is 6.05. The Balaban J connectivity index is 1.10. The number of hydrogen-bond acceptors (Lipinski definition) is 4. The fourth-order valence-corrected chi connectivity index (χ4v) is 7.44. The molecule has 4 nitrogen and oxygen atoms in total. The molecule has 0 unspecified atom stereocenters. The molecule has 0 amide bonds. The number of fused-ring (bicyclic) bond motifs is 3. The summed E-state index contributed by atoms with van der Waals surface area (Å²) in [7, 11) is 0. The van der Waals surface area contributed by atoms with E-state index in [1.807, 2.05) is 54.6 Å². The molecule has 10 aromatic rings. The topological polar surface area (TPSA) is 51.8 Å². The van der Waals surface area contributed by atoms with E-state index in [0.29, 0.717) is 17.5 Å². The number of benzene rings is 8. The van der Waals surface area contributed by atoms with E-state index < -0.39 is 0 Å². The number of nitrogens with zero attached hydrogens (tertiary/aromatic N) is 3. The minimum atomic E-state index is 0.590. The van der Waals surface area contributed by atoms with Crippen LogP contribution in [0.1, 0.15) is 0 Å². The van der Waals surface area contributed by atoms with Gasteiger partial charge in [-0.2, -0.15) is 0 Å². The lowest BCUT2D eigenvalue weighted by Crippen LogP contribution is -2.00. The fourth-order valence-electron chi connectivity index (χ4n) is 7.44. The van der Waals surface area contributed by atoms with Gasteiger partial charge in [0.1, 0.15) is 11.2 Å². The van der Waals surface area contributed by atoms with Gasteiger partial charge in [-0.15, -0.1) is 0 Å². The molecule has 258 valence electrons. The molecule has 4 heteroatoms. The fraction of sp³-hybridized carbons (Fsp3) is 0. The van der Waals surface area contributed by atoms with Gasteiger partial charge in [-0.1, -0.05) is 170 Å². The van der Waals surface area contributed by atoms with Crippen LogP contribution in [-0.2, 0) is 0 Å². The molecule has 2 heterocycles. The first-order valence-electron chi connectivity index (χ1n) is 18.4. The molecule has 0 saturated heterocycles. The molecule has 55 heavy (non-hydrogen) atoms. The van der Waals surface area contributed by atoms with Gasteiger partial charge < -0.3 is 4.42 Å². The van der Waals surface area contributed by atoms with E-state index in [2.05, 4.69) is 146 Å². The molecular formula is C51H33N3O. The lowest BCUT2D eigenvalue weighted by atomic mass is 9.84. The zero-order chi connectivity index (χ0) is 36.6. The first-order chi connectivity index (χ1) is 27.2. The first kappa shape index (κ1) is 32.2. The number of para-hydroxylation sites is 1. The highest BCUT2D eigenvalue weighted by atomic mass is 16.3. The Labute approximate surface area is 319 Å². The van der Waals surface area contributed by atoms with Crippen molar-refractivity contribution in [3.8, 4) is 78.7 Å². The number of rotatable bonds is 7. The largest absolute Gasteiger partial charge is 0.456 e. The van der Waals surface area contributed by atoms with Crippen LogP contribution in [0.5, 0.6) is 0 Å². The van der Waals surface area contributed by atoms with Crippen LogP contribution in [0.4, 0.5) is 0 Å². The summed E-state index contributed by atoms with van der Waals surface area (Å²) in [5, 5.41) is 2.15. The van der Waals surface area contributed by atoms with Crippen molar-refractivity contribution in [3.63, 3.8) is 0 Å². The van der Waals surface area contributed by atoms with Crippen LogP contribution in [0, 0.1) is 0 Å². The van der Waals surface area contributed by atoms with Crippen molar-refractivity contribution in [2.24, 2.45) is 0 Å². The van der Waals surface area contributed by atoms with Crippen LogP contribution in [0.15, 0.2) is 205 Å². The summed E-state index contributed by atoms with van der Waals surface area (Å²) >= 11 is 0. The van der Waals surface area contributed by atoms with Crippen molar-refractivity contribution < 1.29 is 4.42 Å². The van der Waals surface area contributed by atoms with E-state index in [1.54, 1.807) is 0 Å². The van der Waals surface area contributed by atoms with Gasteiger partial charge in [0.2, 0.25) is 0 Å². The van der Waals surface area contributed by atoms with E-state index >= 15 is 0 Å². The van der Waals surface area contributed by atoms with E-state index in [1.165, 1.54) is 33.4 Å². The van der Waals surface area contributed by atoms with Crippen LogP contribution in [0.3, 0.4) is 0 Å². The minimum absolute atomic E-state index is 0.590. The van der Waals surface area contributed by atoms with Gasteiger partial charge in [0, 0.05) is 27.5 Å². The van der Waals surface area contributed by atoms with Crippen LogP contribution in [0.25, 0.3) is 101 Å². The van der Waals surface area contributed by atoms with E-state index in [-0.39, 0.29) is 0 Å². The van der Waals surface area contributed by atoms with Crippen molar-refractivity contribution in [3.05, 3.63) is 200 Å². The van der Waals surface area contributed by atoms with Gasteiger partial charge in [-0.3, -0.25) is 0 Å². The molecule has 0 saturated carbocycles. The van der Waals surface area contributed by atoms with Crippen molar-refractivity contribution in [2.75, 3.05) is 0 Å². The summed E-state index contributed by atoms with van der Waals surface area (Å²) in [6.45, 7) is 0. The van der Waals surface area contributed by atoms with Crippen LogP contribution in [0.2, 0.25) is 0 Å². The third kappa shape index (κ3) is 6.16. The second-order valence-corrected chi connectivity index (χ2v) is 13.6.